The Balaban J connectivity index is 2.35. The lowest BCUT2D eigenvalue weighted by molar-refractivity contribution is 0.906. The maximum absolute atomic E-state index is 6.17. The van der Waals surface area contributed by atoms with Crippen molar-refractivity contribution in [2.75, 3.05) is 5.88 Å². The summed E-state index contributed by atoms with van der Waals surface area (Å²) in [5, 5.41) is 0.714. The lowest BCUT2D eigenvalue weighted by atomic mass is 10.1. The molecule has 0 aliphatic rings. The molecule has 2 nitrogen and oxygen atoms in total. The molecule has 3 aromatic rings. The van der Waals surface area contributed by atoms with Crippen molar-refractivity contribution in [3.05, 3.63) is 58.4 Å². The first-order valence-corrected chi connectivity index (χ1v) is 7.82. The fourth-order valence-electron chi connectivity index (χ4n) is 2.58. The van der Waals surface area contributed by atoms with Crippen LogP contribution in [-0.4, -0.2) is 15.4 Å². The van der Waals surface area contributed by atoms with Gasteiger partial charge in [0, 0.05) is 17.3 Å². The summed E-state index contributed by atoms with van der Waals surface area (Å²) < 4.78 is 2.17. The Morgan fingerprint density at radius 1 is 1.10 bits per heavy atom. The van der Waals surface area contributed by atoms with E-state index in [4.69, 9.17) is 28.2 Å². The summed E-state index contributed by atoms with van der Waals surface area (Å²) in [5.41, 5.74) is 5.53. The van der Waals surface area contributed by atoms with Crippen LogP contribution in [0.5, 0.6) is 0 Å². The number of aryl methyl sites for hydroxylation is 3. The van der Waals surface area contributed by atoms with Gasteiger partial charge in [0.1, 0.15) is 5.82 Å². The van der Waals surface area contributed by atoms with Gasteiger partial charge < -0.3 is 0 Å². The molecule has 0 fully saturated rings. The number of aromatic nitrogens is 2. The lowest BCUT2D eigenvalue weighted by Crippen LogP contribution is -2.04. The average Bonchev–Trinajstić information content (AvgIpc) is 2.79. The van der Waals surface area contributed by atoms with Gasteiger partial charge in [-0.1, -0.05) is 23.7 Å². The van der Waals surface area contributed by atoms with Gasteiger partial charge >= 0.3 is 0 Å². The van der Waals surface area contributed by atoms with Gasteiger partial charge in [-0.15, -0.1) is 11.6 Å². The zero-order valence-corrected chi connectivity index (χ0v) is 13.5. The third-order valence-electron chi connectivity index (χ3n) is 3.61. The highest BCUT2D eigenvalue weighted by Crippen LogP contribution is 2.27. The zero-order valence-electron chi connectivity index (χ0n) is 12.0. The molecule has 1 heterocycles. The molecule has 2 aromatic carbocycles. The minimum absolute atomic E-state index is 0.544. The van der Waals surface area contributed by atoms with Gasteiger partial charge in [-0.25, -0.2) is 4.98 Å². The van der Waals surface area contributed by atoms with Crippen molar-refractivity contribution in [3.63, 3.8) is 0 Å². The average molecular weight is 319 g/mol. The molecule has 0 saturated carbocycles. The van der Waals surface area contributed by atoms with Crippen LogP contribution in [0.25, 0.3) is 16.7 Å². The molecule has 21 heavy (non-hydrogen) atoms. The molecule has 0 amide bonds. The summed E-state index contributed by atoms with van der Waals surface area (Å²) >= 11 is 12.1. The predicted octanol–water partition coefficient (Wildman–Crippen LogP) is 5.08. The van der Waals surface area contributed by atoms with Gasteiger partial charge in [0.2, 0.25) is 0 Å². The van der Waals surface area contributed by atoms with Crippen molar-refractivity contribution in [1.29, 1.82) is 0 Å². The molecule has 0 spiro atoms. The van der Waals surface area contributed by atoms with Crippen LogP contribution in [0.4, 0.5) is 0 Å². The molecule has 0 aliphatic carbocycles. The van der Waals surface area contributed by atoms with Gasteiger partial charge in [0.05, 0.1) is 16.7 Å². The molecule has 3 rings (SSSR count). The van der Waals surface area contributed by atoms with Gasteiger partial charge in [-0.05, 0) is 49.2 Å². The number of alkyl halides is 1. The second-order valence-electron chi connectivity index (χ2n) is 5.23. The summed E-state index contributed by atoms with van der Waals surface area (Å²) in [4.78, 5) is 4.71. The SMILES string of the molecule is Cc1ccc(C)c(-n2c(CCCl)nc3ccc(Cl)cc32)c1. The molecule has 0 aliphatic heterocycles. The molecule has 108 valence electrons. The standard InChI is InChI=1S/C17H16Cl2N2/c1-11-3-4-12(2)15(9-11)21-16-10-13(19)5-6-14(16)20-17(21)7-8-18/h3-6,9-10H,7-8H2,1-2H3. The van der Waals surface area contributed by atoms with E-state index in [-0.39, 0.29) is 0 Å². The predicted molar refractivity (Wildman–Crippen MR) is 90.0 cm³/mol. The van der Waals surface area contributed by atoms with E-state index >= 15 is 0 Å². The van der Waals surface area contributed by atoms with Crippen LogP contribution < -0.4 is 0 Å². The van der Waals surface area contributed by atoms with Gasteiger partial charge in [-0.2, -0.15) is 0 Å². The summed E-state index contributed by atoms with van der Waals surface area (Å²) in [6, 6.07) is 12.2. The van der Waals surface area contributed by atoms with Gasteiger partial charge in [-0.3, -0.25) is 4.57 Å². The number of halogens is 2. The van der Waals surface area contributed by atoms with Crippen LogP contribution in [0.15, 0.2) is 36.4 Å². The monoisotopic (exact) mass is 318 g/mol. The van der Waals surface area contributed by atoms with Crippen LogP contribution in [0, 0.1) is 13.8 Å². The fraction of sp³-hybridized carbons (Fsp3) is 0.235. The Kier molecular flexibility index (Phi) is 3.92. The first-order chi connectivity index (χ1) is 10.1. The van der Waals surface area contributed by atoms with E-state index in [0.29, 0.717) is 10.9 Å². The number of rotatable bonds is 3. The second kappa shape index (κ2) is 5.70. The van der Waals surface area contributed by atoms with E-state index in [1.54, 1.807) is 0 Å². The van der Waals surface area contributed by atoms with Crippen molar-refractivity contribution in [3.8, 4) is 5.69 Å². The third-order valence-corrected chi connectivity index (χ3v) is 4.03. The van der Waals surface area contributed by atoms with Crippen LogP contribution in [0.3, 0.4) is 0 Å². The zero-order chi connectivity index (χ0) is 15.0. The number of nitrogens with zero attached hydrogens (tertiary/aromatic N) is 2. The van der Waals surface area contributed by atoms with E-state index in [9.17, 15) is 0 Å². The van der Waals surface area contributed by atoms with Crippen molar-refractivity contribution >= 4 is 34.2 Å². The molecular formula is C17H16Cl2N2. The molecule has 0 atom stereocenters. The van der Waals surface area contributed by atoms with Crippen LogP contribution >= 0.6 is 23.2 Å². The maximum atomic E-state index is 6.17. The summed E-state index contributed by atoms with van der Waals surface area (Å²) in [5.74, 6) is 1.51. The van der Waals surface area contributed by atoms with E-state index in [1.165, 1.54) is 11.1 Å². The Bertz CT molecular complexity index is 806. The highest BCUT2D eigenvalue weighted by molar-refractivity contribution is 6.31. The molecule has 0 bridgehead atoms. The van der Waals surface area contributed by atoms with E-state index in [1.807, 2.05) is 18.2 Å². The minimum atomic E-state index is 0.544. The molecule has 0 N–H and O–H groups in total. The molecule has 0 unspecified atom stereocenters. The first-order valence-electron chi connectivity index (χ1n) is 6.90. The van der Waals surface area contributed by atoms with E-state index in [2.05, 4.69) is 36.6 Å². The fourth-order valence-corrected chi connectivity index (χ4v) is 2.92. The summed E-state index contributed by atoms with van der Waals surface area (Å²) in [7, 11) is 0. The maximum Gasteiger partial charge on any atom is 0.115 e. The van der Waals surface area contributed by atoms with E-state index in [0.717, 1.165) is 29.0 Å². The number of fused-ring (bicyclic) bond motifs is 1. The van der Waals surface area contributed by atoms with Crippen molar-refractivity contribution < 1.29 is 0 Å². The minimum Gasteiger partial charge on any atom is -0.296 e. The molecule has 0 saturated heterocycles. The third kappa shape index (κ3) is 2.66. The Morgan fingerprint density at radius 3 is 2.67 bits per heavy atom. The Hall–Kier alpha value is -1.51. The number of hydrogen-bond donors (Lipinski definition) is 0. The van der Waals surface area contributed by atoms with Crippen molar-refractivity contribution in [1.82, 2.24) is 9.55 Å². The summed E-state index contributed by atoms with van der Waals surface area (Å²) in [6.07, 6.45) is 0.723. The highest BCUT2D eigenvalue weighted by Gasteiger charge is 2.14. The van der Waals surface area contributed by atoms with Gasteiger partial charge in [0.15, 0.2) is 0 Å². The number of benzene rings is 2. The number of imidazole rings is 1. The Labute approximate surface area is 134 Å². The molecular weight excluding hydrogens is 303 g/mol. The van der Waals surface area contributed by atoms with Crippen LogP contribution in [0.1, 0.15) is 17.0 Å². The number of hydrogen-bond acceptors (Lipinski definition) is 1. The lowest BCUT2D eigenvalue weighted by Gasteiger charge is -2.13. The first kappa shape index (κ1) is 14.4. The summed E-state index contributed by atoms with van der Waals surface area (Å²) in [6.45, 7) is 4.20. The van der Waals surface area contributed by atoms with Crippen LogP contribution in [-0.2, 0) is 6.42 Å². The highest BCUT2D eigenvalue weighted by atomic mass is 35.5. The Morgan fingerprint density at radius 2 is 1.90 bits per heavy atom. The van der Waals surface area contributed by atoms with Crippen molar-refractivity contribution in [2.24, 2.45) is 0 Å². The normalized spacial score (nSPS) is 11.2. The molecule has 4 heteroatoms. The van der Waals surface area contributed by atoms with Crippen molar-refractivity contribution in [2.45, 2.75) is 20.3 Å². The second-order valence-corrected chi connectivity index (χ2v) is 6.04. The molecule has 1 aromatic heterocycles. The topological polar surface area (TPSA) is 17.8 Å². The quantitative estimate of drug-likeness (QED) is 0.616. The van der Waals surface area contributed by atoms with E-state index < -0.39 is 0 Å². The van der Waals surface area contributed by atoms with Crippen LogP contribution in [0.2, 0.25) is 5.02 Å². The smallest absolute Gasteiger partial charge is 0.115 e. The van der Waals surface area contributed by atoms with Gasteiger partial charge in [0.25, 0.3) is 0 Å². The molecule has 0 radical (unpaired) electrons. The largest absolute Gasteiger partial charge is 0.296 e.